The molecule has 3 heteroatoms. The molecular formula is C11H11NO2. The Balaban J connectivity index is 2.76. The van der Waals surface area contributed by atoms with Crippen molar-refractivity contribution in [3.8, 4) is 17.6 Å². The number of rotatable bonds is 1. The Hall–Kier alpha value is -1.95. The number of ether oxygens (including phenoxy) is 1. The van der Waals surface area contributed by atoms with Crippen molar-refractivity contribution in [2.45, 2.75) is 0 Å². The van der Waals surface area contributed by atoms with Crippen LogP contribution in [0.3, 0.4) is 0 Å². The van der Waals surface area contributed by atoms with Gasteiger partial charge in [-0.05, 0) is 24.3 Å². The summed E-state index contributed by atoms with van der Waals surface area (Å²) in [4.78, 5) is 10.8. The number of carbonyl (C=O) groups is 1. The first-order chi connectivity index (χ1) is 6.76. The number of methoxy groups -OCH3 is 1. The van der Waals surface area contributed by atoms with Gasteiger partial charge < -0.3 is 10.1 Å². The monoisotopic (exact) mass is 189 g/mol. The second kappa shape index (κ2) is 4.93. The highest BCUT2D eigenvalue weighted by atomic mass is 16.5. The molecule has 0 bridgehead atoms. The highest BCUT2D eigenvalue weighted by Gasteiger charge is 1.91. The van der Waals surface area contributed by atoms with Crippen LogP contribution in [0.5, 0.6) is 5.75 Å². The fraction of sp³-hybridized carbons (Fsp3) is 0.182. The van der Waals surface area contributed by atoms with Gasteiger partial charge in [-0.15, -0.1) is 0 Å². The third kappa shape index (κ3) is 2.83. The third-order valence-corrected chi connectivity index (χ3v) is 1.64. The minimum absolute atomic E-state index is 0.291. The number of hydrogen-bond acceptors (Lipinski definition) is 2. The minimum atomic E-state index is -0.291. The summed E-state index contributed by atoms with van der Waals surface area (Å²) in [5.74, 6) is 5.66. The van der Waals surface area contributed by atoms with Crippen molar-refractivity contribution in [2.75, 3.05) is 14.2 Å². The smallest absolute Gasteiger partial charge is 0.295 e. The number of benzene rings is 1. The van der Waals surface area contributed by atoms with E-state index in [0.717, 1.165) is 11.3 Å². The summed E-state index contributed by atoms with van der Waals surface area (Å²) in [6.07, 6.45) is 0. The SMILES string of the molecule is CNC(=O)C#Cc1ccc(OC)cc1. The molecule has 0 heterocycles. The highest BCUT2D eigenvalue weighted by Crippen LogP contribution is 2.09. The Morgan fingerprint density at radius 1 is 1.36 bits per heavy atom. The maximum Gasteiger partial charge on any atom is 0.295 e. The van der Waals surface area contributed by atoms with Gasteiger partial charge in [-0.3, -0.25) is 4.79 Å². The maximum absolute atomic E-state index is 10.8. The summed E-state index contributed by atoms with van der Waals surface area (Å²) in [6, 6.07) is 7.20. The van der Waals surface area contributed by atoms with Crippen molar-refractivity contribution in [1.82, 2.24) is 5.32 Å². The topological polar surface area (TPSA) is 38.3 Å². The first kappa shape index (κ1) is 10.1. The summed E-state index contributed by atoms with van der Waals surface area (Å²) >= 11 is 0. The van der Waals surface area contributed by atoms with Crippen LogP contribution in [-0.4, -0.2) is 20.1 Å². The quantitative estimate of drug-likeness (QED) is 0.663. The molecule has 0 aromatic heterocycles. The van der Waals surface area contributed by atoms with E-state index in [4.69, 9.17) is 4.74 Å². The summed E-state index contributed by atoms with van der Waals surface area (Å²) in [6.45, 7) is 0. The van der Waals surface area contributed by atoms with Crippen LogP contribution in [0.15, 0.2) is 24.3 Å². The molecule has 1 N–H and O–H groups in total. The highest BCUT2D eigenvalue weighted by molar-refractivity contribution is 5.93. The lowest BCUT2D eigenvalue weighted by Gasteiger charge is -1.97. The number of hydrogen-bond donors (Lipinski definition) is 1. The molecular weight excluding hydrogens is 178 g/mol. The molecule has 0 fully saturated rings. The molecule has 0 saturated heterocycles. The molecule has 0 aliphatic carbocycles. The van der Waals surface area contributed by atoms with Crippen molar-refractivity contribution < 1.29 is 9.53 Å². The Bertz CT molecular complexity index is 371. The Kier molecular flexibility index (Phi) is 3.57. The molecule has 0 saturated carbocycles. The average molecular weight is 189 g/mol. The number of carbonyl (C=O) groups excluding carboxylic acids is 1. The largest absolute Gasteiger partial charge is 0.497 e. The third-order valence-electron chi connectivity index (χ3n) is 1.64. The summed E-state index contributed by atoms with van der Waals surface area (Å²) in [5, 5.41) is 2.42. The number of amides is 1. The number of nitrogens with one attached hydrogen (secondary N) is 1. The summed E-state index contributed by atoms with van der Waals surface area (Å²) < 4.78 is 4.99. The molecule has 0 aliphatic heterocycles. The van der Waals surface area contributed by atoms with Gasteiger partial charge in [0.15, 0.2) is 0 Å². The van der Waals surface area contributed by atoms with Crippen LogP contribution in [0.1, 0.15) is 5.56 Å². The van der Waals surface area contributed by atoms with Crippen molar-refractivity contribution in [3.05, 3.63) is 29.8 Å². The molecule has 14 heavy (non-hydrogen) atoms. The van der Waals surface area contributed by atoms with Crippen LogP contribution < -0.4 is 10.1 Å². The van der Waals surface area contributed by atoms with Gasteiger partial charge in [0.05, 0.1) is 7.11 Å². The van der Waals surface area contributed by atoms with E-state index in [1.54, 1.807) is 38.4 Å². The zero-order valence-corrected chi connectivity index (χ0v) is 8.13. The van der Waals surface area contributed by atoms with E-state index in [1.807, 2.05) is 0 Å². The van der Waals surface area contributed by atoms with Gasteiger partial charge in [0, 0.05) is 18.5 Å². The molecule has 0 spiro atoms. The fourth-order valence-corrected chi connectivity index (χ4v) is 0.866. The van der Waals surface area contributed by atoms with E-state index in [2.05, 4.69) is 17.2 Å². The molecule has 1 amide bonds. The van der Waals surface area contributed by atoms with Gasteiger partial charge in [0.1, 0.15) is 5.75 Å². The van der Waals surface area contributed by atoms with Crippen LogP contribution in [0, 0.1) is 11.8 Å². The Morgan fingerprint density at radius 2 is 2.00 bits per heavy atom. The van der Waals surface area contributed by atoms with E-state index in [9.17, 15) is 4.79 Å². The zero-order chi connectivity index (χ0) is 10.4. The average Bonchev–Trinajstić information content (AvgIpc) is 2.26. The second-order valence-corrected chi connectivity index (χ2v) is 2.56. The molecule has 1 aromatic rings. The van der Waals surface area contributed by atoms with E-state index >= 15 is 0 Å². The minimum Gasteiger partial charge on any atom is -0.497 e. The molecule has 0 aliphatic rings. The predicted octanol–water partition coefficient (Wildman–Crippen LogP) is 0.793. The van der Waals surface area contributed by atoms with Crippen LogP contribution in [0.25, 0.3) is 0 Å². The zero-order valence-electron chi connectivity index (χ0n) is 8.13. The van der Waals surface area contributed by atoms with Crippen molar-refractivity contribution in [3.63, 3.8) is 0 Å². The Morgan fingerprint density at radius 3 is 2.50 bits per heavy atom. The van der Waals surface area contributed by atoms with Gasteiger partial charge in [0.25, 0.3) is 5.91 Å². The Labute approximate surface area is 83.1 Å². The van der Waals surface area contributed by atoms with E-state index in [-0.39, 0.29) is 5.91 Å². The van der Waals surface area contributed by atoms with Crippen LogP contribution in [-0.2, 0) is 4.79 Å². The van der Waals surface area contributed by atoms with Crippen LogP contribution >= 0.6 is 0 Å². The summed E-state index contributed by atoms with van der Waals surface area (Å²) in [5.41, 5.74) is 0.786. The molecule has 0 unspecified atom stereocenters. The van der Waals surface area contributed by atoms with Crippen LogP contribution in [0.4, 0.5) is 0 Å². The maximum atomic E-state index is 10.8. The normalized spacial score (nSPS) is 8.43. The van der Waals surface area contributed by atoms with Gasteiger partial charge in [0.2, 0.25) is 0 Å². The molecule has 0 atom stereocenters. The standard InChI is InChI=1S/C11H11NO2/c1-12-11(13)8-5-9-3-6-10(14-2)7-4-9/h3-4,6-7H,1-2H3,(H,12,13). The van der Waals surface area contributed by atoms with Crippen LogP contribution in [0.2, 0.25) is 0 Å². The van der Waals surface area contributed by atoms with Gasteiger partial charge in [-0.25, -0.2) is 0 Å². The molecule has 1 rings (SSSR count). The second-order valence-electron chi connectivity index (χ2n) is 2.56. The molecule has 0 radical (unpaired) electrons. The lowest BCUT2D eigenvalue weighted by atomic mass is 10.2. The van der Waals surface area contributed by atoms with E-state index < -0.39 is 0 Å². The molecule has 1 aromatic carbocycles. The van der Waals surface area contributed by atoms with E-state index in [0.29, 0.717) is 0 Å². The fourth-order valence-electron chi connectivity index (χ4n) is 0.866. The lowest BCUT2D eigenvalue weighted by Crippen LogP contribution is -2.14. The van der Waals surface area contributed by atoms with Crippen molar-refractivity contribution >= 4 is 5.91 Å². The molecule has 3 nitrogen and oxygen atoms in total. The van der Waals surface area contributed by atoms with E-state index in [1.165, 1.54) is 0 Å². The summed E-state index contributed by atoms with van der Waals surface area (Å²) in [7, 11) is 3.15. The van der Waals surface area contributed by atoms with Crippen molar-refractivity contribution in [1.29, 1.82) is 0 Å². The van der Waals surface area contributed by atoms with Gasteiger partial charge in [-0.1, -0.05) is 5.92 Å². The first-order valence-electron chi connectivity index (χ1n) is 4.14. The van der Waals surface area contributed by atoms with Gasteiger partial charge in [-0.2, -0.15) is 0 Å². The predicted molar refractivity (Wildman–Crippen MR) is 53.9 cm³/mol. The lowest BCUT2D eigenvalue weighted by molar-refractivity contribution is -0.115. The van der Waals surface area contributed by atoms with Crippen molar-refractivity contribution in [2.24, 2.45) is 0 Å². The van der Waals surface area contributed by atoms with Gasteiger partial charge >= 0.3 is 0 Å². The first-order valence-corrected chi connectivity index (χ1v) is 4.14. The molecule has 72 valence electrons.